The molecule has 178 valence electrons. The van der Waals surface area contributed by atoms with Crippen molar-refractivity contribution in [2.75, 3.05) is 24.6 Å². The molecule has 2 fully saturated rings. The molecule has 2 heterocycles. The van der Waals surface area contributed by atoms with Gasteiger partial charge in [-0.3, -0.25) is 0 Å². The Hall–Kier alpha value is -2.77. The van der Waals surface area contributed by atoms with Crippen molar-refractivity contribution in [3.05, 3.63) is 54.1 Å². The number of piperidine rings is 1. The molecular formula is C27H31N3O3S. The molecule has 1 saturated heterocycles. The van der Waals surface area contributed by atoms with Gasteiger partial charge in [-0.25, -0.2) is 4.79 Å². The van der Waals surface area contributed by atoms with Crippen LogP contribution in [0.15, 0.2) is 48.5 Å². The average Bonchev–Trinajstić information content (AvgIpc) is 3.39. The Bertz CT molecular complexity index is 1080. The lowest BCUT2D eigenvalue weighted by Gasteiger charge is -2.34. The molecule has 0 radical (unpaired) electrons. The molecule has 1 aromatic heterocycles. The van der Waals surface area contributed by atoms with Crippen LogP contribution in [0.25, 0.3) is 21.1 Å². The first-order valence-electron chi connectivity index (χ1n) is 12.3. The minimum absolute atomic E-state index is 0.267. The molecule has 1 aliphatic carbocycles. The summed E-state index contributed by atoms with van der Waals surface area (Å²) in [6, 6.07) is 15.3. The maximum Gasteiger partial charge on any atom is 0.335 e. The number of aromatic nitrogens is 2. The van der Waals surface area contributed by atoms with E-state index in [1.807, 2.05) is 0 Å². The minimum Gasteiger partial charge on any atom is -0.478 e. The van der Waals surface area contributed by atoms with Gasteiger partial charge in [-0.05, 0) is 68.0 Å². The van der Waals surface area contributed by atoms with E-state index in [-0.39, 0.29) is 5.56 Å². The Morgan fingerprint density at radius 1 is 0.882 bits per heavy atom. The van der Waals surface area contributed by atoms with Gasteiger partial charge in [0.2, 0.25) is 0 Å². The third-order valence-electron chi connectivity index (χ3n) is 7.02. The first kappa shape index (κ1) is 23.0. The molecule has 0 spiro atoms. The molecule has 1 N–H and O–H groups in total. The number of carbonyl (C=O) groups is 1. The van der Waals surface area contributed by atoms with Crippen LogP contribution in [0.2, 0.25) is 0 Å². The van der Waals surface area contributed by atoms with E-state index < -0.39 is 5.97 Å². The summed E-state index contributed by atoms with van der Waals surface area (Å²) in [7, 11) is 0. The van der Waals surface area contributed by atoms with Crippen molar-refractivity contribution in [3.63, 3.8) is 0 Å². The number of rotatable bonds is 7. The van der Waals surface area contributed by atoms with E-state index in [1.165, 1.54) is 49.1 Å². The third-order valence-corrected chi connectivity index (χ3v) is 8.04. The normalized spacial score (nSPS) is 17.7. The summed E-state index contributed by atoms with van der Waals surface area (Å²) >= 11 is 1.51. The predicted octanol–water partition coefficient (Wildman–Crippen LogP) is 6.14. The van der Waals surface area contributed by atoms with Crippen LogP contribution in [-0.4, -0.2) is 47.1 Å². The predicted molar refractivity (Wildman–Crippen MR) is 136 cm³/mol. The summed E-state index contributed by atoms with van der Waals surface area (Å²) < 4.78 is 6.27. The van der Waals surface area contributed by atoms with Crippen LogP contribution in [0.5, 0.6) is 0 Å². The highest BCUT2D eigenvalue weighted by Gasteiger charge is 2.22. The highest BCUT2D eigenvalue weighted by atomic mass is 32.1. The quantitative estimate of drug-likeness (QED) is 0.441. The molecule has 6 nitrogen and oxygen atoms in total. The second-order valence-corrected chi connectivity index (χ2v) is 10.3. The summed E-state index contributed by atoms with van der Waals surface area (Å²) in [4.78, 5) is 13.5. The van der Waals surface area contributed by atoms with E-state index in [9.17, 15) is 4.79 Å². The van der Waals surface area contributed by atoms with E-state index in [2.05, 4.69) is 39.4 Å². The molecule has 1 aliphatic heterocycles. The molecule has 0 unspecified atom stereocenters. The number of hydrogen-bond donors (Lipinski definition) is 1. The minimum atomic E-state index is -0.930. The number of aromatic carboxylic acids is 1. The molecule has 1 saturated carbocycles. The summed E-state index contributed by atoms with van der Waals surface area (Å²) in [6.07, 6.45) is 9.43. The van der Waals surface area contributed by atoms with E-state index >= 15 is 0 Å². The molecule has 3 aromatic rings. The Morgan fingerprint density at radius 2 is 1.47 bits per heavy atom. The standard InChI is InChI=1S/C27H31N3O3S/c31-27(32)22-8-6-20(7-9-22)25-28-29-26(34-25)21-10-12-23(13-11-21)30-16-14-24(15-17-30)33-18-19-4-2-1-3-5-19/h6-13,19,24H,1-5,14-18H2,(H,31,32). The lowest BCUT2D eigenvalue weighted by atomic mass is 9.90. The van der Waals surface area contributed by atoms with E-state index in [0.29, 0.717) is 6.10 Å². The Balaban J connectivity index is 1.15. The fraction of sp³-hybridized carbons (Fsp3) is 0.444. The van der Waals surface area contributed by atoms with E-state index in [0.717, 1.165) is 59.6 Å². The molecule has 5 rings (SSSR count). The number of benzene rings is 2. The number of carboxylic acid groups (broad SMARTS) is 1. The van der Waals surface area contributed by atoms with Crippen molar-refractivity contribution in [2.45, 2.75) is 51.0 Å². The summed E-state index contributed by atoms with van der Waals surface area (Å²) in [5, 5.41) is 19.4. The molecule has 34 heavy (non-hydrogen) atoms. The summed E-state index contributed by atoms with van der Waals surface area (Å²) in [6.45, 7) is 3.01. The van der Waals surface area contributed by atoms with Crippen molar-refractivity contribution < 1.29 is 14.6 Å². The van der Waals surface area contributed by atoms with Crippen molar-refractivity contribution in [3.8, 4) is 21.1 Å². The molecule has 0 atom stereocenters. The van der Waals surface area contributed by atoms with Crippen molar-refractivity contribution >= 4 is 23.0 Å². The molecule has 2 aliphatic rings. The van der Waals surface area contributed by atoms with Gasteiger partial charge in [0, 0.05) is 36.5 Å². The van der Waals surface area contributed by atoms with Gasteiger partial charge in [0.1, 0.15) is 10.0 Å². The van der Waals surface area contributed by atoms with Crippen LogP contribution in [0.4, 0.5) is 5.69 Å². The first-order valence-corrected chi connectivity index (χ1v) is 13.1. The summed E-state index contributed by atoms with van der Waals surface area (Å²) in [5.41, 5.74) is 3.42. The van der Waals surface area contributed by atoms with Crippen LogP contribution in [-0.2, 0) is 4.74 Å². The lowest BCUT2D eigenvalue weighted by Crippen LogP contribution is -2.37. The van der Waals surface area contributed by atoms with Crippen LogP contribution in [0.3, 0.4) is 0 Å². The third kappa shape index (κ3) is 5.47. The van der Waals surface area contributed by atoms with Gasteiger partial charge in [-0.2, -0.15) is 0 Å². The fourth-order valence-corrected chi connectivity index (χ4v) is 5.79. The van der Waals surface area contributed by atoms with Gasteiger partial charge in [0.25, 0.3) is 0 Å². The maximum absolute atomic E-state index is 11.0. The summed E-state index contributed by atoms with van der Waals surface area (Å²) in [5.74, 6) is -0.148. The van der Waals surface area contributed by atoms with Crippen LogP contribution >= 0.6 is 11.3 Å². The van der Waals surface area contributed by atoms with Crippen molar-refractivity contribution in [1.29, 1.82) is 0 Å². The lowest BCUT2D eigenvalue weighted by molar-refractivity contribution is 0.00810. The van der Waals surface area contributed by atoms with Gasteiger partial charge >= 0.3 is 5.97 Å². The highest BCUT2D eigenvalue weighted by Crippen LogP contribution is 2.32. The molecule has 0 amide bonds. The van der Waals surface area contributed by atoms with Gasteiger partial charge in [0.05, 0.1) is 11.7 Å². The van der Waals surface area contributed by atoms with Crippen molar-refractivity contribution in [1.82, 2.24) is 10.2 Å². The van der Waals surface area contributed by atoms with E-state index in [4.69, 9.17) is 9.84 Å². The fourth-order valence-electron chi connectivity index (χ4n) is 4.93. The SMILES string of the molecule is O=C(O)c1ccc(-c2nnc(-c3ccc(N4CCC(OCC5CCCCC5)CC4)cc3)s2)cc1. The molecule has 0 bridgehead atoms. The molecule has 7 heteroatoms. The smallest absolute Gasteiger partial charge is 0.335 e. The number of hydrogen-bond acceptors (Lipinski definition) is 6. The number of carboxylic acids is 1. The van der Waals surface area contributed by atoms with Gasteiger partial charge in [0.15, 0.2) is 0 Å². The maximum atomic E-state index is 11.0. The highest BCUT2D eigenvalue weighted by molar-refractivity contribution is 7.17. The Kier molecular flexibility index (Phi) is 7.21. The van der Waals surface area contributed by atoms with Gasteiger partial charge in [-0.1, -0.05) is 42.7 Å². The molecular weight excluding hydrogens is 446 g/mol. The average molecular weight is 478 g/mol. The Morgan fingerprint density at radius 3 is 2.06 bits per heavy atom. The zero-order valence-corrected chi connectivity index (χ0v) is 20.2. The number of ether oxygens (including phenoxy) is 1. The first-order chi connectivity index (χ1) is 16.7. The largest absolute Gasteiger partial charge is 0.478 e. The van der Waals surface area contributed by atoms with Gasteiger partial charge in [-0.15, -0.1) is 10.2 Å². The van der Waals surface area contributed by atoms with E-state index in [1.54, 1.807) is 24.3 Å². The topological polar surface area (TPSA) is 75.5 Å². The Labute approximate surface area is 204 Å². The molecule has 2 aromatic carbocycles. The second kappa shape index (κ2) is 10.7. The second-order valence-electron chi connectivity index (χ2n) is 9.37. The van der Waals surface area contributed by atoms with Crippen LogP contribution < -0.4 is 4.90 Å². The number of anilines is 1. The van der Waals surface area contributed by atoms with Crippen LogP contribution in [0.1, 0.15) is 55.3 Å². The van der Waals surface area contributed by atoms with Crippen LogP contribution in [0, 0.1) is 5.92 Å². The monoisotopic (exact) mass is 477 g/mol. The zero-order valence-electron chi connectivity index (χ0n) is 19.4. The van der Waals surface area contributed by atoms with Gasteiger partial charge < -0.3 is 14.7 Å². The number of nitrogens with zero attached hydrogens (tertiary/aromatic N) is 3. The zero-order chi connectivity index (χ0) is 23.3. The van der Waals surface area contributed by atoms with Crippen molar-refractivity contribution in [2.24, 2.45) is 5.92 Å².